The maximum Gasteiger partial charge on any atom is 0.227 e. The third kappa shape index (κ3) is 4.61. The molecule has 0 unspecified atom stereocenters. The molecule has 0 bridgehead atoms. The van der Waals surface area contributed by atoms with Gasteiger partial charge in [0.25, 0.3) is 0 Å². The predicted octanol–water partition coefficient (Wildman–Crippen LogP) is 3.68. The van der Waals surface area contributed by atoms with Crippen LogP contribution in [0.5, 0.6) is 0 Å². The number of rotatable bonds is 7. The Morgan fingerprint density at radius 1 is 1.11 bits per heavy atom. The average Bonchev–Trinajstić information content (AvgIpc) is 3.07. The molecule has 2 heterocycles. The zero-order valence-corrected chi connectivity index (χ0v) is 17.5. The standard InChI is InChI=1S/C21H31N3O2S/c1-4-27(25,26)21-22-15-20(16-24-17(2)9-8-10-18(24)3)23(21)14-13-19-11-6-5-7-12-19/h5-7,11-12,15,17-18H,4,8-10,13-14,16H2,1-3H3/t17-,18+. The van der Waals surface area contributed by atoms with E-state index in [1.165, 1.54) is 24.8 Å². The summed E-state index contributed by atoms with van der Waals surface area (Å²) < 4.78 is 27.1. The number of piperidine rings is 1. The Morgan fingerprint density at radius 3 is 2.41 bits per heavy atom. The number of hydrogen-bond donors (Lipinski definition) is 0. The minimum absolute atomic E-state index is 0.0747. The van der Waals surface area contributed by atoms with Gasteiger partial charge >= 0.3 is 0 Å². The highest BCUT2D eigenvalue weighted by Gasteiger charge is 2.28. The monoisotopic (exact) mass is 389 g/mol. The second-order valence-electron chi connectivity index (χ2n) is 7.62. The summed E-state index contributed by atoms with van der Waals surface area (Å²) in [6.45, 7) is 7.60. The van der Waals surface area contributed by atoms with Crippen molar-refractivity contribution in [1.29, 1.82) is 0 Å². The predicted molar refractivity (Wildman–Crippen MR) is 108 cm³/mol. The van der Waals surface area contributed by atoms with Gasteiger partial charge in [-0.3, -0.25) is 4.90 Å². The fraction of sp³-hybridized carbons (Fsp3) is 0.571. The molecule has 1 aliphatic rings. The molecule has 0 radical (unpaired) electrons. The first-order chi connectivity index (χ1) is 12.9. The van der Waals surface area contributed by atoms with Gasteiger partial charge in [0, 0.05) is 25.2 Å². The Bertz CT molecular complexity index is 836. The van der Waals surface area contributed by atoms with Crippen molar-refractivity contribution in [2.45, 2.75) is 76.8 Å². The van der Waals surface area contributed by atoms with E-state index in [4.69, 9.17) is 0 Å². The maximum absolute atomic E-state index is 12.6. The quantitative estimate of drug-likeness (QED) is 0.725. The van der Waals surface area contributed by atoms with Crippen molar-refractivity contribution >= 4 is 9.84 Å². The van der Waals surface area contributed by atoms with Crippen LogP contribution in [0.3, 0.4) is 0 Å². The molecule has 2 aromatic rings. The maximum atomic E-state index is 12.6. The van der Waals surface area contributed by atoms with Crippen LogP contribution in [-0.4, -0.2) is 40.7 Å². The number of imidazole rings is 1. The van der Waals surface area contributed by atoms with E-state index in [-0.39, 0.29) is 10.9 Å². The van der Waals surface area contributed by atoms with Gasteiger partial charge in [0.2, 0.25) is 15.0 Å². The van der Waals surface area contributed by atoms with E-state index >= 15 is 0 Å². The molecular weight excluding hydrogens is 358 g/mol. The summed E-state index contributed by atoms with van der Waals surface area (Å²) >= 11 is 0. The third-order valence-electron chi connectivity index (χ3n) is 5.75. The van der Waals surface area contributed by atoms with Crippen molar-refractivity contribution in [1.82, 2.24) is 14.5 Å². The minimum atomic E-state index is -3.35. The van der Waals surface area contributed by atoms with Gasteiger partial charge in [-0.15, -0.1) is 0 Å². The molecule has 148 valence electrons. The summed E-state index contributed by atoms with van der Waals surface area (Å²) in [5.41, 5.74) is 2.20. The van der Waals surface area contributed by atoms with Crippen LogP contribution in [0.1, 0.15) is 51.3 Å². The van der Waals surface area contributed by atoms with E-state index in [1.54, 1.807) is 13.1 Å². The van der Waals surface area contributed by atoms with E-state index in [9.17, 15) is 8.42 Å². The highest BCUT2D eigenvalue weighted by atomic mass is 32.2. The second kappa shape index (κ2) is 8.57. The van der Waals surface area contributed by atoms with E-state index in [0.717, 1.165) is 18.7 Å². The highest BCUT2D eigenvalue weighted by molar-refractivity contribution is 7.91. The van der Waals surface area contributed by atoms with E-state index in [0.29, 0.717) is 18.6 Å². The topological polar surface area (TPSA) is 55.2 Å². The normalized spacial score (nSPS) is 21.4. The fourth-order valence-electron chi connectivity index (χ4n) is 3.99. The van der Waals surface area contributed by atoms with Gasteiger partial charge in [0.1, 0.15) is 0 Å². The van der Waals surface area contributed by atoms with Crippen molar-refractivity contribution in [3.63, 3.8) is 0 Å². The largest absolute Gasteiger partial charge is 0.317 e. The molecule has 6 heteroatoms. The van der Waals surface area contributed by atoms with Crippen LogP contribution in [0, 0.1) is 0 Å². The number of sulfone groups is 1. The molecule has 1 aromatic heterocycles. The first-order valence-corrected chi connectivity index (χ1v) is 11.6. The Balaban J connectivity index is 1.88. The molecule has 1 aromatic carbocycles. The summed E-state index contributed by atoms with van der Waals surface area (Å²) in [5, 5.41) is 0.216. The molecule has 1 aliphatic heterocycles. The average molecular weight is 390 g/mol. The van der Waals surface area contributed by atoms with Gasteiger partial charge in [0.05, 0.1) is 17.6 Å². The lowest BCUT2D eigenvalue weighted by Crippen LogP contribution is -2.43. The number of likely N-dealkylation sites (tertiary alicyclic amines) is 1. The second-order valence-corrected chi connectivity index (χ2v) is 9.80. The van der Waals surface area contributed by atoms with Gasteiger partial charge in [-0.05, 0) is 38.7 Å². The van der Waals surface area contributed by atoms with Crippen LogP contribution < -0.4 is 0 Å². The van der Waals surface area contributed by atoms with Crippen molar-refractivity contribution in [2.75, 3.05) is 5.75 Å². The molecule has 1 saturated heterocycles. The lowest BCUT2D eigenvalue weighted by atomic mass is 9.97. The zero-order chi connectivity index (χ0) is 19.4. The SMILES string of the molecule is CCS(=O)(=O)c1ncc(CN2[C@H](C)CCC[C@@H]2C)n1CCc1ccccc1. The molecule has 5 nitrogen and oxygen atoms in total. The molecular formula is C21H31N3O2S. The summed E-state index contributed by atoms with van der Waals surface area (Å²) in [5.74, 6) is 0.0747. The molecule has 0 spiro atoms. The number of aryl methyl sites for hydroxylation is 1. The Morgan fingerprint density at radius 2 is 1.78 bits per heavy atom. The Kier molecular flexibility index (Phi) is 6.37. The van der Waals surface area contributed by atoms with Gasteiger partial charge < -0.3 is 4.57 Å². The Hall–Kier alpha value is -1.66. The van der Waals surface area contributed by atoms with Crippen molar-refractivity contribution in [3.8, 4) is 0 Å². The number of hydrogen-bond acceptors (Lipinski definition) is 4. The van der Waals surface area contributed by atoms with E-state index < -0.39 is 9.84 Å². The molecule has 0 aliphatic carbocycles. The number of aromatic nitrogens is 2. The molecule has 27 heavy (non-hydrogen) atoms. The molecule has 1 fully saturated rings. The summed E-state index contributed by atoms with van der Waals surface area (Å²) in [7, 11) is -3.35. The number of benzene rings is 1. The smallest absolute Gasteiger partial charge is 0.227 e. The van der Waals surface area contributed by atoms with Gasteiger partial charge in [0.15, 0.2) is 0 Å². The number of nitrogens with zero attached hydrogens (tertiary/aromatic N) is 3. The van der Waals surface area contributed by atoms with Gasteiger partial charge in [-0.2, -0.15) is 0 Å². The van der Waals surface area contributed by atoms with Crippen molar-refractivity contribution in [2.24, 2.45) is 0 Å². The van der Waals surface area contributed by atoms with Gasteiger partial charge in [-0.1, -0.05) is 43.7 Å². The third-order valence-corrected chi connectivity index (χ3v) is 7.39. The molecule has 0 saturated carbocycles. The summed E-state index contributed by atoms with van der Waals surface area (Å²) in [6, 6.07) is 11.2. The molecule has 3 rings (SSSR count). The van der Waals surface area contributed by atoms with Crippen LogP contribution in [0.25, 0.3) is 0 Å². The molecule has 2 atom stereocenters. The minimum Gasteiger partial charge on any atom is -0.317 e. The lowest BCUT2D eigenvalue weighted by molar-refractivity contribution is 0.0922. The Labute approximate surface area is 163 Å². The van der Waals surface area contributed by atoms with Crippen molar-refractivity contribution < 1.29 is 8.42 Å². The highest BCUT2D eigenvalue weighted by Crippen LogP contribution is 2.25. The van der Waals surface area contributed by atoms with E-state index in [2.05, 4.69) is 35.9 Å². The summed E-state index contributed by atoms with van der Waals surface area (Å²) in [6.07, 6.45) is 6.22. The molecule has 0 N–H and O–H groups in total. The van der Waals surface area contributed by atoms with Crippen LogP contribution in [0.4, 0.5) is 0 Å². The lowest BCUT2D eigenvalue weighted by Gasteiger charge is -2.39. The summed E-state index contributed by atoms with van der Waals surface area (Å²) in [4.78, 5) is 6.82. The molecule has 0 amide bonds. The van der Waals surface area contributed by atoms with Crippen LogP contribution >= 0.6 is 0 Å². The van der Waals surface area contributed by atoms with Crippen LogP contribution in [0.15, 0.2) is 41.7 Å². The van der Waals surface area contributed by atoms with Gasteiger partial charge in [-0.25, -0.2) is 13.4 Å². The zero-order valence-electron chi connectivity index (χ0n) is 16.6. The first kappa shape index (κ1) is 20.1. The first-order valence-electron chi connectivity index (χ1n) is 9.99. The van der Waals surface area contributed by atoms with E-state index in [1.807, 2.05) is 22.8 Å². The van der Waals surface area contributed by atoms with Crippen LogP contribution in [-0.2, 0) is 29.3 Å². The van der Waals surface area contributed by atoms with Crippen molar-refractivity contribution in [3.05, 3.63) is 47.8 Å². The van der Waals surface area contributed by atoms with Crippen LogP contribution in [0.2, 0.25) is 0 Å². The fourth-order valence-corrected chi connectivity index (χ4v) is 5.01.